The first-order valence-corrected chi connectivity index (χ1v) is 12.0. The molecule has 2 aromatic carbocycles. The van der Waals surface area contributed by atoms with Gasteiger partial charge in [-0.25, -0.2) is 17.2 Å². The number of rotatable bonds is 9. The number of halogens is 2. The summed E-state index contributed by atoms with van der Waals surface area (Å²) in [7, 11) is -3.89. The maximum Gasteiger partial charge on any atom is 0.243 e. The standard InChI is InChI=1S/C20H24F2N2O3S2/c1-14-4-6-16(7-5-14)13-28-11-10-23-20(25)15(2)24(29(3,26)27)17-8-9-18(21)19(22)12-17/h4-9,12,15H,10-11,13H2,1-3H3,(H,23,25)/t15-/m1/s1. The van der Waals surface area contributed by atoms with Crippen molar-refractivity contribution in [3.05, 3.63) is 65.2 Å². The molecular formula is C20H24F2N2O3S2. The molecule has 0 spiro atoms. The molecule has 9 heteroatoms. The van der Waals surface area contributed by atoms with Gasteiger partial charge in [-0.1, -0.05) is 29.8 Å². The van der Waals surface area contributed by atoms with E-state index >= 15 is 0 Å². The lowest BCUT2D eigenvalue weighted by atomic mass is 10.2. The number of nitrogens with zero attached hydrogens (tertiary/aromatic N) is 1. The van der Waals surface area contributed by atoms with Crippen LogP contribution >= 0.6 is 11.8 Å². The molecule has 158 valence electrons. The quantitative estimate of drug-likeness (QED) is 0.604. The predicted molar refractivity (Wildman–Crippen MR) is 113 cm³/mol. The summed E-state index contributed by atoms with van der Waals surface area (Å²) in [5, 5.41) is 2.69. The molecule has 2 aromatic rings. The van der Waals surface area contributed by atoms with Crippen LogP contribution in [0, 0.1) is 18.6 Å². The van der Waals surface area contributed by atoms with Crippen molar-refractivity contribution >= 4 is 33.4 Å². The molecule has 0 aliphatic heterocycles. The first-order valence-electron chi connectivity index (χ1n) is 8.95. The normalized spacial score (nSPS) is 12.4. The van der Waals surface area contributed by atoms with Gasteiger partial charge in [-0.2, -0.15) is 11.8 Å². The lowest BCUT2D eigenvalue weighted by Crippen LogP contribution is -2.48. The Balaban J connectivity index is 1.93. The van der Waals surface area contributed by atoms with E-state index in [1.807, 2.05) is 19.1 Å². The molecule has 0 unspecified atom stereocenters. The summed E-state index contributed by atoms with van der Waals surface area (Å²) in [6, 6.07) is 9.78. The van der Waals surface area contributed by atoms with Gasteiger partial charge in [0.05, 0.1) is 11.9 Å². The third-order valence-corrected chi connectivity index (χ3v) is 6.45. The molecule has 0 aliphatic carbocycles. The minimum atomic E-state index is -3.89. The second kappa shape index (κ2) is 10.1. The zero-order valence-corrected chi connectivity index (χ0v) is 18.1. The molecule has 1 atom stereocenters. The Morgan fingerprint density at radius 2 is 1.79 bits per heavy atom. The van der Waals surface area contributed by atoms with Gasteiger partial charge in [-0.3, -0.25) is 9.10 Å². The predicted octanol–water partition coefficient (Wildman–Crippen LogP) is 3.48. The van der Waals surface area contributed by atoms with Crippen molar-refractivity contribution in [3.63, 3.8) is 0 Å². The maximum atomic E-state index is 13.5. The Bertz CT molecular complexity index is 951. The first kappa shape index (κ1) is 23.2. The summed E-state index contributed by atoms with van der Waals surface area (Å²) in [5.74, 6) is -1.34. The maximum absolute atomic E-state index is 13.5. The first-order chi connectivity index (χ1) is 13.6. The van der Waals surface area contributed by atoms with Crippen molar-refractivity contribution < 1.29 is 22.0 Å². The molecule has 2 rings (SSSR count). The number of amides is 1. The van der Waals surface area contributed by atoms with Crippen molar-refractivity contribution in [2.75, 3.05) is 22.9 Å². The smallest absolute Gasteiger partial charge is 0.243 e. The van der Waals surface area contributed by atoms with Crippen molar-refractivity contribution in [1.82, 2.24) is 5.32 Å². The van der Waals surface area contributed by atoms with Crippen LogP contribution in [0.3, 0.4) is 0 Å². The second-order valence-corrected chi connectivity index (χ2v) is 9.63. The molecule has 0 aliphatic rings. The summed E-state index contributed by atoms with van der Waals surface area (Å²) in [5.41, 5.74) is 2.26. The highest BCUT2D eigenvalue weighted by Gasteiger charge is 2.29. The van der Waals surface area contributed by atoms with Crippen LogP contribution in [-0.4, -0.2) is 38.9 Å². The fraction of sp³-hybridized carbons (Fsp3) is 0.350. The minimum absolute atomic E-state index is 0.109. The average Bonchev–Trinajstić information content (AvgIpc) is 2.64. The second-order valence-electron chi connectivity index (χ2n) is 6.66. The molecule has 1 amide bonds. The third kappa shape index (κ3) is 6.71. The molecule has 29 heavy (non-hydrogen) atoms. The van der Waals surface area contributed by atoms with Gasteiger partial charge in [0.15, 0.2) is 11.6 Å². The number of nitrogens with one attached hydrogen (secondary N) is 1. The van der Waals surface area contributed by atoms with Gasteiger partial charge in [0, 0.05) is 24.1 Å². The van der Waals surface area contributed by atoms with Crippen molar-refractivity contribution in [2.24, 2.45) is 0 Å². The Morgan fingerprint density at radius 1 is 1.14 bits per heavy atom. The summed E-state index contributed by atoms with van der Waals surface area (Å²) >= 11 is 1.64. The molecule has 0 heterocycles. The van der Waals surface area contributed by atoms with Gasteiger partial charge in [-0.15, -0.1) is 0 Å². The van der Waals surface area contributed by atoms with E-state index in [0.717, 1.165) is 34.5 Å². The van der Waals surface area contributed by atoms with E-state index in [9.17, 15) is 22.0 Å². The van der Waals surface area contributed by atoms with E-state index in [-0.39, 0.29) is 5.69 Å². The molecule has 0 radical (unpaired) electrons. The van der Waals surface area contributed by atoms with Gasteiger partial charge >= 0.3 is 0 Å². The fourth-order valence-electron chi connectivity index (χ4n) is 2.70. The average molecular weight is 443 g/mol. The van der Waals surface area contributed by atoms with Crippen molar-refractivity contribution in [1.29, 1.82) is 0 Å². The van der Waals surface area contributed by atoms with Crippen LogP contribution in [0.15, 0.2) is 42.5 Å². The fourth-order valence-corrected chi connectivity index (χ4v) is 4.68. The molecule has 0 saturated heterocycles. The van der Waals surface area contributed by atoms with Gasteiger partial charge in [0.1, 0.15) is 6.04 Å². The number of carbonyl (C=O) groups excluding carboxylic acids is 1. The highest BCUT2D eigenvalue weighted by atomic mass is 32.2. The van der Waals surface area contributed by atoms with Gasteiger partial charge in [-0.05, 0) is 31.5 Å². The van der Waals surface area contributed by atoms with Gasteiger partial charge in [0.2, 0.25) is 15.9 Å². The number of anilines is 1. The number of benzene rings is 2. The van der Waals surface area contributed by atoms with Crippen molar-refractivity contribution in [2.45, 2.75) is 25.6 Å². The van der Waals surface area contributed by atoms with Gasteiger partial charge < -0.3 is 5.32 Å². The van der Waals surface area contributed by atoms with Crippen LogP contribution in [0.25, 0.3) is 0 Å². The van der Waals surface area contributed by atoms with Crippen LogP contribution in [0.1, 0.15) is 18.1 Å². The molecule has 5 nitrogen and oxygen atoms in total. The Hall–Kier alpha value is -2.13. The highest BCUT2D eigenvalue weighted by Crippen LogP contribution is 2.23. The van der Waals surface area contributed by atoms with Crippen LogP contribution < -0.4 is 9.62 Å². The van der Waals surface area contributed by atoms with E-state index in [2.05, 4.69) is 17.4 Å². The van der Waals surface area contributed by atoms with Crippen LogP contribution in [0.2, 0.25) is 0 Å². The summed E-state index contributed by atoms with van der Waals surface area (Å²) < 4.78 is 51.8. The SMILES string of the molecule is Cc1ccc(CSCCNC(=O)[C@@H](C)N(c2ccc(F)c(F)c2)S(C)(=O)=O)cc1. The topological polar surface area (TPSA) is 66.5 Å². The zero-order chi connectivity index (χ0) is 21.6. The van der Waals surface area contributed by atoms with E-state index in [1.54, 1.807) is 11.8 Å². The number of aryl methyl sites for hydroxylation is 1. The lowest BCUT2D eigenvalue weighted by Gasteiger charge is -2.28. The number of hydrogen-bond acceptors (Lipinski definition) is 4. The monoisotopic (exact) mass is 442 g/mol. The molecular weight excluding hydrogens is 418 g/mol. The van der Waals surface area contributed by atoms with Crippen molar-refractivity contribution in [3.8, 4) is 0 Å². The van der Waals surface area contributed by atoms with E-state index in [4.69, 9.17) is 0 Å². The summed E-state index contributed by atoms with van der Waals surface area (Å²) in [6.07, 6.45) is 0.912. The molecule has 0 fully saturated rings. The number of thioether (sulfide) groups is 1. The van der Waals surface area contributed by atoms with E-state index in [0.29, 0.717) is 12.3 Å². The number of carbonyl (C=O) groups is 1. The molecule has 1 N–H and O–H groups in total. The Kier molecular flexibility index (Phi) is 8.04. The largest absolute Gasteiger partial charge is 0.353 e. The molecule has 0 saturated carbocycles. The van der Waals surface area contributed by atoms with Crippen LogP contribution in [0.4, 0.5) is 14.5 Å². The lowest BCUT2D eigenvalue weighted by molar-refractivity contribution is -0.121. The third-order valence-electron chi connectivity index (χ3n) is 4.18. The number of hydrogen-bond donors (Lipinski definition) is 1. The zero-order valence-electron chi connectivity index (χ0n) is 16.5. The minimum Gasteiger partial charge on any atom is -0.353 e. The van der Waals surface area contributed by atoms with E-state index in [1.165, 1.54) is 18.1 Å². The highest BCUT2D eigenvalue weighted by molar-refractivity contribution is 7.98. The van der Waals surface area contributed by atoms with Gasteiger partial charge in [0.25, 0.3) is 0 Å². The van der Waals surface area contributed by atoms with Crippen LogP contribution in [0.5, 0.6) is 0 Å². The van der Waals surface area contributed by atoms with Crippen LogP contribution in [-0.2, 0) is 20.6 Å². The summed E-state index contributed by atoms with van der Waals surface area (Å²) in [6.45, 7) is 3.78. The van der Waals surface area contributed by atoms with E-state index < -0.39 is 33.6 Å². The number of sulfonamides is 1. The molecule has 0 aromatic heterocycles. The summed E-state index contributed by atoms with van der Waals surface area (Å²) in [4.78, 5) is 12.4. The Labute approximate surface area is 174 Å². The molecule has 0 bridgehead atoms. The Morgan fingerprint density at radius 3 is 2.38 bits per heavy atom.